The SMILES string of the molecule is Cc1ccccc1N=S(C)(=O)c1ccccc1. The highest BCUT2D eigenvalue weighted by Crippen LogP contribution is 2.22. The molecule has 0 bridgehead atoms. The zero-order valence-corrected chi connectivity index (χ0v) is 10.8. The van der Waals surface area contributed by atoms with Gasteiger partial charge in [0.2, 0.25) is 0 Å². The molecule has 0 N–H and O–H groups in total. The van der Waals surface area contributed by atoms with Crippen molar-refractivity contribution in [2.75, 3.05) is 6.26 Å². The maximum absolute atomic E-state index is 12.5. The highest BCUT2D eigenvalue weighted by atomic mass is 32.2. The molecular weight excluding hydrogens is 230 g/mol. The highest BCUT2D eigenvalue weighted by Gasteiger charge is 2.05. The fourth-order valence-electron chi connectivity index (χ4n) is 1.58. The third kappa shape index (κ3) is 2.74. The van der Waals surface area contributed by atoms with E-state index < -0.39 is 9.73 Å². The van der Waals surface area contributed by atoms with Gasteiger partial charge in [-0.2, -0.15) is 4.36 Å². The quantitative estimate of drug-likeness (QED) is 0.791. The zero-order chi connectivity index (χ0) is 12.3. The minimum Gasteiger partial charge on any atom is -0.245 e. The molecule has 0 saturated heterocycles. The Morgan fingerprint density at radius 2 is 1.53 bits per heavy atom. The number of hydrogen-bond donors (Lipinski definition) is 0. The molecule has 0 amide bonds. The second-order valence-corrected chi connectivity index (χ2v) is 6.25. The van der Waals surface area contributed by atoms with Crippen molar-refractivity contribution in [3.05, 3.63) is 60.2 Å². The maximum Gasteiger partial charge on any atom is 0.0771 e. The molecule has 1 atom stereocenters. The van der Waals surface area contributed by atoms with Gasteiger partial charge in [-0.25, -0.2) is 4.21 Å². The minimum atomic E-state index is -2.36. The second-order valence-electron chi connectivity index (χ2n) is 3.99. The van der Waals surface area contributed by atoms with Crippen LogP contribution in [0, 0.1) is 6.92 Å². The third-order valence-electron chi connectivity index (χ3n) is 2.57. The van der Waals surface area contributed by atoms with Crippen LogP contribution in [0.1, 0.15) is 5.56 Å². The van der Waals surface area contributed by atoms with E-state index >= 15 is 0 Å². The maximum atomic E-state index is 12.5. The first-order valence-corrected chi connectivity index (χ1v) is 7.35. The van der Waals surface area contributed by atoms with Gasteiger partial charge in [0.1, 0.15) is 0 Å². The standard InChI is InChI=1S/C14H15NOS/c1-12-8-6-7-11-14(12)15-17(2,16)13-9-4-3-5-10-13/h3-11H,1-2H3. The van der Waals surface area contributed by atoms with Crippen LogP contribution < -0.4 is 0 Å². The molecular formula is C14H15NOS. The summed E-state index contributed by atoms with van der Waals surface area (Å²) in [6.45, 7) is 1.97. The summed E-state index contributed by atoms with van der Waals surface area (Å²) in [4.78, 5) is 0.767. The Labute approximate surface area is 102 Å². The molecule has 3 heteroatoms. The number of benzene rings is 2. The summed E-state index contributed by atoms with van der Waals surface area (Å²) >= 11 is 0. The molecule has 0 fully saturated rings. The van der Waals surface area contributed by atoms with E-state index in [0.717, 1.165) is 16.1 Å². The summed E-state index contributed by atoms with van der Waals surface area (Å²) in [6.07, 6.45) is 1.68. The monoisotopic (exact) mass is 245 g/mol. The van der Waals surface area contributed by atoms with Crippen LogP contribution in [0.15, 0.2) is 63.9 Å². The summed E-state index contributed by atoms with van der Waals surface area (Å²) in [5, 5.41) is 0. The fraction of sp³-hybridized carbons (Fsp3) is 0.143. The molecule has 88 valence electrons. The summed E-state index contributed by atoms with van der Waals surface area (Å²) in [5.41, 5.74) is 1.84. The Kier molecular flexibility index (Phi) is 3.29. The molecule has 0 heterocycles. The summed E-state index contributed by atoms with van der Waals surface area (Å²) in [6, 6.07) is 17.1. The molecule has 1 unspecified atom stereocenters. The van der Waals surface area contributed by atoms with Crippen LogP contribution in [0.3, 0.4) is 0 Å². The third-order valence-corrected chi connectivity index (χ3v) is 4.26. The molecule has 0 radical (unpaired) electrons. The van der Waals surface area contributed by atoms with Gasteiger partial charge in [-0.3, -0.25) is 0 Å². The molecule has 2 aromatic rings. The number of nitrogens with zero attached hydrogens (tertiary/aromatic N) is 1. The first kappa shape index (κ1) is 11.9. The predicted octanol–water partition coefficient (Wildman–Crippen LogP) is 3.78. The lowest BCUT2D eigenvalue weighted by molar-refractivity contribution is 0.681. The molecule has 0 aliphatic heterocycles. The van der Waals surface area contributed by atoms with Crippen LogP contribution >= 0.6 is 0 Å². The smallest absolute Gasteiger partial charge is 0.0771 e. The van der Waals surface area contributed by atoms with Gasteiger partial charge in [-0.15, -0.1) is 0 Å². The van der Waals surface area contributed by atoms with Gasteiger partial charge < -0.3 is 0 Å². The average molecular weight is 245 g/mol. The lowest BCUT2D eigenvalue weighted by Gasteiger charge is -2.05. The van der Waals surface area contributed by atoms with Gasteiger partial charge in [-0.1, -0.05) is 36.4 Å². The van der Waals surface area contributed by atoms with Crippen LogP contribution in [-0.2, 0) is 9.73 Å². The van der Waals surface area contributed by atoms with Crippen LogP contribution in [0.5, 0.6) is 0 Å². The van der Waals surface area contributed by atoms with E-state index in [2.05, 4.69) is 4.36 Å². The lowest BCUT2D eigenvalue weighted by Crippen LogP contribution is -1.96. The Morgan fingerprint density at radius 3 is 2.18 bits per heavy atom. The highest BCUT2D eigenvalue weighted by molar-refractivity contribution is 7.93. The van der Waals surface area contributed by atoms with Crippen LogP contribution in [0.25, 0.3) is 0 Å². The summed E-state index contributed by atoms with van der Waals surface area (Å²) in [7, 11) is -2.36. The number of aryl methyl sites for hydroxylation is 1. The van der Waals surface area contributed by atoms with E-state index in [-0.39, 0.29) is 0 Å². The Balaban J connectivity index is 2.54. The molecule has 0 aliphatic rings. The van der Waals surface area contributed by atoms with Gasteiger partial charge >= 0.3 is 0 Å². The van der Waals surface area contributed by atoms with Crippen molar-refractivity contribution in [3.63, 3.8) is 0 Å². The van der Waals surface area contributed by atoms with Crippen molar-refractivity contribution in [3.8, 4) is 0 Å². The second kappa shape index (κ2) is 4.72. The van der Waals surface area contributed by atoms with Gasteiger partial charge in [0.15, 0.2) is 0 Å². The molecule has 2 aromatic carbocycles. The van der Waals surface area contributed by atoms with Crippen molar-refractivity contribution >= 4 is 15.4 Å². The average Bonchev–Trinajstić information content (AvgIpc) is 2.33. The van der Waals surface area contributed by atoms with Crippen molar-refractivity contribution in [1.29, 1.82) is 0 Å². The van der Waals surface area contributed by atoms with Crippen LogP contribution in [0.2, 0.25) is 0 Å². The topological polar surface area (TPSA) is 29.4 Å². The molecule has 0 aromatic heterocycles. The summed E-state index contributed by atoms with van der Waals surface area (Å²) in [5.74, 6) is 0. The van der Waals surface area contributed by atoms with Crippen molar-refractivity contribution in [2.45, 2.75) is 11.8 Å². The van der Waals surface area contributed by atoms with E-state index in [4.69, 9.17) is 0 Å². The fourth-order valence-corrected chi connectivity index (χ4v) is 2.93. The first-order valence-electron chi connectivity index (χ1n) is 5.42. The van der Waals surface area contributed by atoms with Gasteiger partial charge in [0.25, 0.3) is 0 Å². The number of rotatable bonds is 2. The van der Waals surface area contributed by atoms with Crippen LogP contribution in [-0.4, -0.2) is 10.5 Å². The van der Waals surface area contributed by atoms with Crippen molar-refractivity contribution in [1.82, 2.24) is 0 Å². The van der Waals surface area contributed by atoms with Crippen LogP contribution in [0.4, 0.5) is 5.69 Å². The molecule has 2 nitrogen and oxygen atoms in total. The lowest BCUT2D eigenvalue weighted by atomic mass is 10.2. The normalized spacial score (nSPS) is 14.0. The molecule has 0 aliphatic carbocycles. The van der Waals surface area contributed by atoms with E-state index in [9.17, 15) is 4.21 Å². The van der Waals surface area contributed by atoms with Gasteiger partial charge in [0, 0.05) is 11.2 Å². The Bertz CT molecular complexity index is 626. The van der Waals surface area contributed by atoms with E-state index in [1.54, 1.807) is 6.26 Å². The minimum absolute atomic E-state index is 0.767. The predicted molar refractivity (Wildman–Crippen MR) is 72.0 cm³/mol. The zero-order valence-electron chi connectivity index (χ0n) is 9.96. The molecule has 2 rings (SSSR count). The van der Waals surface area contributed by atoms with Crippen molar-refractivity contribution < 1.29 is 4.21 Å². The molecule has 17 heavy (non-hydrogen) atoms. The molecule has 0 saturated carbocycles. The van der Waals surface area contributed by atoms with Gasteiger partial charge in [-0.05, 0) is 30.7 Å². The van der Waals surface area contributed by atoms with E-state index in [1.165, 1.54) is 0 Å². The summed E-state index contributed by atoms with van der Waals surface area (Å²) < 4.78 is 16.9. The Morgan fingerprint density at radius 1 is 0.941 bits per heavy atom. The first-order chi connectivity index (χ1) is 8.09. The van der Waals surface area contributed by atoms with E-state index in [1.807, 2.05) is 61.5 Å². The van der Waals surface area contributed by atoms with E-state index in [0.29, 0.717) is 0 Å². The van der Waals surface area contributed by atoms with Gasteiger partial charge in [0.05, 0.1) is 15.4 Å². The number of hydrogen-bond acceptors (Lipinski definition) is 2. The largest absolute Gasteiger partial charge is 0.245 e. The Hall–Kier alpha value is -1.61. The molecule has 0 spiro atoms. The van der Waals surface area contributed by atoms with Crippen molar-refractivity contribution in [2.24, 2.45) is 4.36 Å².